The molecule has 1 aliphatic carbocycles. The molecule has 7 nitrogen and oxygen atoms in total. The van der Waals surface area contributed by atoms with Crippen molar-refractivity contribution in [1.29, 1.82) is 0 Å². The summed E-state index contributed by atoms with van der Waals surface area (Å²) in [5, 5.41) is 6.90. The Bertz CT molecular complexity index is 772. The molecule has 0 atom stereocenters. The third kappa shape index (κ3) is 6.28. The maximum Gasteiger partial charge on any atom is 0.222 e. The second-order valence-corrected chi connectivity index (χ2v) is 8.74. The van der Waals surface area contributed by atoms with E-state index in [2.05, 4.69) is 22.5 Å². The fourth-order valence-electron chi connectivity index (χ4n) is 4.49. The van der Waals surface area contributed by atoms with Gasteiger partial charge in [0.2, 0.25) is 5.91 Å². The van der Waals surface area contributed by atoms with Crippen LogP contribution < -0.4 is 20.1 Å². The molecule has 1 aromatic carbocycles. The number of nitrogens with one attached hydrogen (secondary N) is 2. The van der Waals surface area contributed by atoms with Crippen LogP contribution in [0.15, 0.2) is 17.1 Å². The molecule has 3 rings (SSSR count). The molecule has 0 bridgehead atoms. The summed E-state index contributed by atoms with van der Waals surface area (Å²) in [6, 6.07) is 4.54. The molecule has 1 aromatic rings. The Labute approximate surface area is 186 Å². The summed E-state index contributed by atoms with van der Waals surface area (Å²) in [7, 11) is 5.09. The number of guanidine groups is 1. The van der Waals surface area contributed by atoms with E-state index in [1.807, 2.05) is 17.0 Å². The van der Waals surface area contributed by atoms with Crippen LogP contribution in [0.5, 0.6) is 11.5 Å². The molecule has 0 saturated heterocycles. The summed E-state index contributed by atoms with van der Waals surface area (Å²) in [6.07, 6.45) is 7.13. The first-order valence-corrected chi connectivity index (χ1v) is 11.5. The molecule has 1 saturated carbocycles. The lowest BCUT2D eigenvalue weighted by atomic mass is 9.87. The largest absolute Gasteiger partial charge is 0.493 e. The monoisotopic (exact) mass is 430 g/mol. The van der Waals surface area contributed by atoms with Crippen molar-refractivity contribution >= 4 is 11.9 Å². The number of aliphatic imine (C=N–C) groups is 1. The van der Waals surface area contributed by atoms with Gasteiger partial charge in [-0.15, -0.1) is 0 Å². The minimum Gasteiger partial charge on any atom is -0.493 e. The lowest BCUT2D eigenvalue weighted by Crippen LogP contribution is -2.45. The fraction of sp³-hybridized carbons (Fsp3) is 0.667. The van der Waals surface area contributed by atoms with Gasteiger partial charge < -0.3 is 25.0 Å². The summed E-state index contributed by atoms with van der Waals surface area (Å²) in [4.78, 5) is 19.0. The van der Waals surface area contributed by atoms with Gasteiger partial charge in [0.1, 0.15) is 0 Å². The predicted molar refractivity (Wildman–Crippen MR) is 124 cm³/mol. The topological polar surface area (TPSA) is 75.2 Å². The molecule has 0 unspecified atom stereocenters. The smallest absolute Gasteiger partial charge is 0.222 e. The zero-order valence-electron chi connectivity index (χ0n) is 19.5. The number of hydrogen-bond donors (Lipinski definition) is 2. The van der Waals surface area contributed by atoms with Crippen molar-refractivity contribution < 1.29 is 14.3 Å². The Balaban J connectivity index is 1.42. The number of fused-ring (bicyclic) bond motifs is 1. The van der Waals surface area contributed by atoms with Gasteiger partial charge in [-0.3, -0.25) is 9.79 Å². The van der Waals surface area contributed by atoms with Crippen molar-refractivity contribution in [2.75, 3.05) is 34.4 Å². The lowest BCUT2D eigenvalue weighted by Gasteiger charge is -2.30. The van der Waals surface area contributed by atoms with Gasteiger partial charge in [0, 0.05) is 39.1 Å². The Kier molecular flexibility index (Phi) is 8.43. The van der Waals surface area contributed by atoms with Gasteiger partial charge in [-0.05, 0) is 67.7 Å². The van der Waals surface area contributed by atoms with Crippen LogP contribution in [-0.4, -0.2) is 57.2 Å². The van der Waals surface area contributed by atoms with Crippen LogP contribution in [0, 0.1) is 5.92 Å². The van der Waals surface area contributed by atoms with E-state index in [0.29, 0.717) is 24.8 Å². The quantitative estimate of drug-likeness (QED) is 0.395. The van der Waals surface area contributed by atoms with E-state index < -0.39 is 0 Å². The standard InChI is InChI=1S/C24H38N4O3/c1-17-7-9-20(10-8-17)27-24(25-2)26-12-5-6-23(29)28-13-11-18-14-21(30-3)22(31-4)15-19(18)16-28/h14-15,17,20H,5-13,16H2,1-4H3,(H2,25,26,27). The van der Waals surface area contributed by atoms with Gasteiger partial charge in [0.05, 0.1) is 14.2 Å². The van der Waals surface area contributed by atoms with E-state index in [1.54, 1.807) is 21.3 Å². The number of benzene rings is 1. The van der Waals surface area contributed by atoms with Crippen LogP contribution in [-0.2, 0) is 17.8 Å². The maximum atomic E-state index is 12.7. The van der Waals surface area contributed by atoms with Crippen molar-refractivity contribution in [3.63, 3.8) is 0 Å². The first-order chi connectivity index (χ1) is 15.0. The maximum absolute atomic E-state index is 12.7. The second-order valence-electron chi connectivity index (χ2n) is 8.74. The van der Waals surface area contributed by atoms with Gasteiger partial charge in [-0.2, -0.15) is 0 Å². The summed E-state index contributed by atoms with van der Waals surface area (Å²) in [5.74, 6) is 3.35. The van der Waals surface area contributed by atoms with Crippen LogP contribution >= 0.6 is 0 Å². The molecule has 1 aliphatic heterocycles. The van der Waals surface area contributed by atoms with Gasteiger partial charge in [-0.25, -0.2) is 0 Å². The van der Waals surface area contributed by atoms with E-state index >= 15 is 0 Å². The molecule has 0 aromatic heterocycles. The number of amides is 1. The van der Waals surface area contributed by atoms with E-state index in [4.69, 9.17) is 9.47 Å². The van der Waals surface area contributed by atoms with Gasteiger partial charge >= 0.3 is 0 Å². The van der Waals surface area contributed by atoms with Crippen molar-refractivity contribution in [2.24, 2.45) is 10.9 Å². The molecule has 0 radical (unpaired) electrons. The number of nitrogens with zero attached hydrogens (tertiary/aromatic N) is 2. The van der Waals surface area contributed by atoms with Crippen LogP contribution in [0.1, 0.15) is 56.6 Å². The molecule has 1 fully saturated rings. The first kappa shape index (κ1) is 23.2. The van der Waals surface area contributed by atoms with E-state index in [-0.39, 0.29) is 5.91 Å². The zero-order valence-corrected chi connectivity index (χ0v) is 19.5. The third-order valence-corrected chi connectivity index (χ3v) is 6.51. The SMILES string of the molecule is CN=C(NCCCC(=O)N1CCc2cc(OC)c(OC)cc2C1)NC1CCC(C)CC1. The van der Waals surface area contributed by atoms with Gasteiger partial charge in [0.25, 0.3) is 0 Å². The highest BCUT2D eigenvalue weighted by atomic mass is 16.5. The molecule has 2 N–H and O–H groups in total. The van der Waals surface area contributed by atoms with Crippen LogP contribution in [0.25, 0.3) is 0 Å². The number of carbonyl (C=O) groups excluding carboxylic acids is 1. The number of hydrogen-bond acceptors (Lipinski definition) is 4. The van der Waals surface area contributed by atoms with E-state index in [1.165, 1.54) is 31.2 Å². The number of ether oxygens (including phenoxy) is 2. The van der Waals surface area contributed by atoms with E-state index in [0.717, 1.165) is 49.1 Å². The van der Waals surface area contributed by atoms with E-state index in [9.17, 15) is 4.79 Å². The molecule has 1 heterocycles. The van der Waals surface area contributed by atoms with Crippen LogP contribution in [0.3, 0.4) is 0 Å². The average molecular weight is 431 g/mol. The minimum absolute atomic E-state index is 0.200. The van der Waals surface area contributed by atoms with Crippen LogP contribution in [0.4, 0.5) is 0 Å². The Morgan fingerprint density at radius 3 is 2.45 bits per heavy atom. The highest BCUT2D eigenvalue weighted by Crippen LogP contribution is 2.33. The molecule has 1 amide bonds. The van der Waals surface area contributed by atoms with Crippen molar-refractivity contribution in [3.05, 3.63) is 23.3 Å². The van der Waals surface area contributed by atoms with Crippen LogP contribution in [0.2, 0.25) is 0 Å². The molecule has 172 valence electrons. The van der Waals surface area contributed by atoms with Crippen molar-refractivity contribution in [3.8, 4) is 11.5 Å². The Morgan fingerprint density at radius 2 is 1.81 bits per heavy atom. The molecule has 0 spiro atoms. The summed E-state index contributed by atoms with van der Waals surface area (Å²) in [5.41, 5.74) is 2.37. The predicted octanol–water partition coefficient (Wildman–Crippen LogP) is 3.11. The number of rotatable bonds is 7. The number of methoxy groups -OCH3 is 2. The highest BCUT2D eigenvalue weighted by Gasteiger charge is 2.23. The fourth-order valence-corrected chi connectivity index (χ4v) is 4.49. The molecular weight excluding hydrogens is 392 g/mol. The normalized spacial score (nSPS) is 21.3. The molecular formula is C24H38N4O3. The minimum atomic E-state index is 0.200. The van der Waals surface area contributed by atoms with Gasteiger partial charge in [0.15, 0.2) is 17.5 Å². The second kappa shape index (κ2) is 11.3. The summed E-state index contributed by atoms with van der Waals surface area (Å²) >= 11 is 0. The molecule has 2 aliphatic rings. The van der Waals surface area contributed by atoms with Crippen molar-refractivity contribution in [2.45, 2.75) is 64.5 Å². The lowest BCUT2D eigenvalue weighted by molar-refractivity contribution is -0.132. The summed E-state index contributed by atoms with van der Waals surface area (Å²) in [6.45, 7) is 4.45. The summed E-state index contributed by atoms with van der Waals surface area (Å²) < 4.78 is 10.8. The first-order valence-electron chi connectivity index (χ1n) is 11.5. The number of carbonyl (C=O) groups is 1. The average Bonchev–Trinajstić information content (AvgIpc) is 2.80. The molecule has 7 heteroatoms. The highest BCUT2D eigenvalue weighted by molar-refractivity contribution is 5.80. The molecule has 31 heavy (non-hydrogen) atoms. The Hall–Kier alpha value is -2.44. The Morgan fingerprint density at radius 1 is 1.13 bits per heavy atom. The van der Waals surface area contributed by atoms with Gasteiger partial charge in [-0.1, -0.05) is 6.92 Å². The zero-order chi connectivity index (χ0) is 22.2. The third-order valence-electron chi connectivity index (χ3n) is 6.51. The van der Waals surface area contributed by atoms with Crippen molar-refractivity contribution in [1.82, 2.24) is 15.5 Å².